The van der Waals surface area contributed by atoms with Crippen LogP contribution in [0.25, 0.3) is 16.7 Å². The van der Waals surface area contributed by atoms with Crippen molar-refractivity contribution >= 4 is 16.7 Å². The van der Waals surface area contributed by atoms with Crippen molar-refractivity contribution in [1.29, 1.82) is 47.4 Å². The second kappa shape index (κ2) is 16.3. The summed E-state index contributed by atoms with van der Waals surface area (Å²) in [7, 11) is 0. The Balaban J connectivity index is 2.62. The zero-order chi connectivity index (χ0) is 50.6. The molecular formula is C39H3F18N9. The van der Waals surface area contributed by atoms with Crippen molar-refractivity contribution in [3.8, 4) is 54.6 Å². The Morgan fingerprint density at radius 3 is 0.591 bits per heavy atom. The number of allylic oxidation sites excluding steroid dienone is 6. The summed E-state index contributed by atoms with van der Waals surface area (Å²) in [6.07, 6.45) is -36.8. The highest BCUT2D eigenvalue weighted by Crippen LogP contribution is 2.59. The lowest BCUT2D eigenvalue weighted by Crippen LogP contribution is -2.19. The van der Waals surface area contributed by atoms with Gasteiger partial charge in [-0.15, -0.1) is 0 Å². The van der Waals surface area contributed by atoms with Gasteiger partial charge in [-0.1, -0.05) is 0 Å². The van der Waals surface area contributed by atoms with Crippen LogP contribution in [-0.2, 0) is 37.1 Å². The van der Waals surface area contributed by atoms with Crippen molar-refractivity contribution in [2.45, 2.75) is 37.1 Å². The van der Waals surface area contributed by atoms with E-state index in [1.54, 1.807) is 0 Å². The Kier molecular flexibility index (Phi) is 12.3. The van der Waals surface area contributed by atoms with Gasteiger partial charge in [0, 0.05) is 33.4 Å². The molecule has 0 saturated heterocycles. The van der Waals surface area contributed by atoms with Gasteiger partial charge in [0.15, 0.2) is 0 Å². The number of nitrogens with zero attached hydrogens (tertiary/aromatic N) is 9. The summed E-state index contributed by atoms with van der Waals surface area (Å²) in [5.41, 5.74) is -46.5. The third-order valence-corrected chi connectivity index (χ3v) is 9.00. The van der Waals surface area contributed by atoms with E-state index in [1.165, 1.54) is 0 Å². The molecule has 9 nitrogen and oxygen atoms in total. The lowest BCUT2D eigenvalue weighted by molar-refractivity contribution is -0.145. The molecule has 3 aromatic carbocycles. The number of hydrogen-bond donors (Lipinski definition) is 0. The standard InChI is InChI=1S/C39H3F18N9/c40-34(41,42)25-1-13(19(7-61)31(22(25)10-64)37(49,50)51)16(4-58)28-29(17(5-59)14-2-26(35(43,44)45)23(11-65)32(20(14)8-62)38(52,53)54)30(28)18(6-60)15-3-27(36(46,47)48)24(12-66)33(21(15)9-63)39(55,56)57/h1-3H. The molecule has 0 amide bonds. The number of halogens is 18. The zero-order valence-electron chi connectivity index (χ0n) is 30.6. The van der Waals surface area contributed by atoms with Crippen LogP contribution in [0.15, 0.2) is 34.9 Å². The van der Waals surface area contributed by atoms with E-state index in [0.29, 0.717) is 18.2 Å². The molecule has 0 bridgehead atoms. The lowest BCUT2D eigenvalue weighted by atomic mass is 9.87. The minimum Gasteiger partial charge on any atom is -0.192 e. The minimum absolute atomic E-state index is 0.540. The van der Waals surface area contributed by atoms with Crippen molar-refractivity contribution in [2.24, 2.45) is 0 Å². The molecule has 3 aromatic rings. The van der Waals surface area contributed by atoms with Gasteiger partial charge < -0.3 is 0 Å². The normalized spacial score (nSPS) is 12.8. The van der Waals surface area contributed by atoms with E-state index in [0.717, 1.165) is 36.4 Å². The third kappa shape index (κ3) is 8.31. The van der Waals surface area contributed by atoms with Crippen molar-refractivity contribution in [2.75, 3.05) is 0 Å². The summed E-state index contributed by atoms with van der Waals surface area (Å²) in [4.78, 5) is 0. The quantitative estimate of drug-likeness (QED) is 0.180. The number of alkyl halides is 18. The molecular weight excluding hydrogens is 936 g/mol. The highest BCUT2D eigenvalue weighted by molar-refractivity contribution is 6.13. The summed E-state index contributed by atoms with van der Waals surface area (Å²) < 4.78 is 259. The Hall–Kier alpha value is -8.97. The van der Waals surface area contributed by atoms with E-state index in [1.807, 2.05) is 0 Å². The Bertz CT molecular complexity index is 2840. The Morgan fingerprint density at radius 1 is 0.288 bits per heavy atom. The van der Waals surface area contributed by atoms with Crippen molar-refractivity contribution in [3.63, 3.8) is 0 Å². The minimum atomic E-state index is -6.19. The van der Waals surface area contributed by atoms with Gasteiger partial charge in [-0.3, -0.25) is 0 Å². The van der Waals surface area contributed by atoms with Crippen LogP contribution in [0.3, 0.4) is 0 Å². The molecule has 66 heavy (non-hydrogen) atoms. The van der Waals surface area contributed by atoms with Crippen LogP contribution >= 0.6 is 0 Å². The van der Waals surface area contributed by atoms with Crippen molar-refractivity contribution < 1.29 is 79.0 Å². The second-order valence-electron chi connectivity index (χ2n) is 12.5. The lowest BCUT2D eigenvalue weighted by Gasteiger charge is -2.19. The molecule has 4 rings (SSSR count). The van der Waals surface area contributed by atoms with Crippen LogP contribution in [0.2, 0.25) is 0 Å². The van der Waals surface area contributed by atoms with Gasteiger partial charge in [-0.05, 0) is 18.2 Å². The van der Waals surface area contributed by atoms with Gasteiger partial charge in [0.1, 0.15) is 54.6 Å². The molecule has 1 aliphatic rings. The Morgan fingerprint density at radius 2 is 0.470 bits per heavy atom. The van der Waals surface area contributed by atoms with Crippen LogP contribution in [0.5, 0.6) is 0 Å². The topological polar surface area (TPSA) is 214 Å². The monoisotopic (exact) mass is 939 g/mol. The average Bonchev–Trinajstić information content (AvgIpc) is 3.90. The molecule has 1 saturated carbocycles. The van der Waals surface area contributed by atoms with E-state index in [4.69, 9.17) is 0 Å². The van der Waals surface area contributed by atoms with Gasteiger partial charge in [-0.2, -0.15) is 126 Å². The molecule has 1 fully saturated rings. The SMILES string of the molecule is N#CC(=C1C(=C(C#N)c2cc(C(F)(F)F)c(C#N)c(C(F)(F)F)c2C#N)C1=C(C#N)c1cc(C(F)(F)F)c(C#N)c(C(F)(F)F)c1C#N)c1cc(C(F)(F)F)c(C#N)c(C(F)(F)F)c1C#N. The van der Waals surface area contributed by atoms with Crippen molar-refractivity contribution in [1.82, 2.24) is 0 Å². The van der Waals surface area contributed by atoms with Gasteiger partial charge in [0.25, 0.3) is 0 Å². The predicted molar refractivity (Wildman–Crippen MR) is 175 cm³/mol. The molecule has 0 radical (unpaired) electrons. The van der Waals surface area contributed by atoms with E-state index in [9.17, 15) is 126 Å². The van der Waals surface area contributed by atoms with E-state index in [2.05, 4.69) is 0 Å². The van der Waals surface area contributed by atoms with Gasteiger partial charge in [-0.25, -0.2) is 0 Å². The number of nitriles is 9. The molecule has 0 heterocycles. The molecule has 1 aliphatic carbocycles. The highest BCUT2D eigenvalue weighted by Gasteiger charge is 2.51. The van der Waals surface area contributed by atoms with Gasteiger partial charge >= 0.3 is 37.1 Å². The second-order valence-corrected chi connectivity index (χ2v) is 12.5. The summed E-state index contributed by atoms with van der Waals surface area (Å²) >= 11 is 0. The largest absolute Gasteiger partial charge is 0.419 e. The molecule has 330 valence electrons. The van der Waals surface area contributed by atoms with E-state index in [-0.39, 0.29) is 0 Å². The average molecular weight is 939 g/mol. The fraction of sp³-hybridized carbons (Fsp3) is 0.154. The molecule has 0 N–H and O–H groups in total. The smallest absolute Gasteiger partial charge is 0.192 e. The highest BCUT2D eigenvalue weighted by atomic mass is 19.4. The van der Waals surface area contributed by atoms with Crippen LogP contribution in [0.1, 0.15) is 83.5 Å². The summed E-state index contributed by atoms with van der Waals surface area (Å²) in [6, 6.07) is 4.86. The first-order valence-corrected chi connectivity index (χ1v) is 16.1. The van der Waals surface area contributed by atoms with Crippen LogP contribution in [0.4, 0.5) is 79.0 Å². The van der Waals surface area contributed by atoms with E-state index >= 15 is 0 Å². The molecule has 0 aromatic heterocycles. The summed E-state index contributed by atoms with van der Waals surface area (Å²) in [5, 5.41) is 88.5. The first kappa shape index (κ1) is 49.7. The number of rotatable bonds is 3. The first-order valence-electron chi connectivity index (χ1n) is 16.1. The zero-order valence-corrected chi connectivity index (χ0v) is 30.6. The molecule has 0 atom stereocenters. The van der Waals surface area contributed by atoms with E-state index < -0.39 is 172 Å². The van der Waals surface area contributed by atoms with Crippen LogP contribution in [0, 0.1) is 102 Å². The molecule has 0 aliphatic heterocycles. The third-order valence-electron chi connectivity index (χ3n) is 9.00. The maximum Gasteiger partial charge on any atom is 0.419 e. The predicted octanol–water partition coefficient (Wildman–Crippen LogP) is 11.3. The fourth-order valence-electron chi connectivity index (χ4n) is 6.55. The molecule has 0 spiro atoms. The molecule has 27 heteroatoms. The first-order chi connectivity index (χ1) is 30.2. The van der Waals surface area contributed by atoms with Crippen LogP contribution in [-0.4, -0.2) is 0 Å². The van der Waals surface area contributed by atoms with Gasteiger partial charge in [0.05, 0.1) is 83.5 Å². The maximum absolute atomic E-state index is 14.5. The summed E-state index contributed by atoms with van der Waals surface area (Å²) in [6.45, 7) is 0. The van der Waals surface area contributed by atoms with Crippen LogP contribution < -0.4 is 0 Å². The fourth-order valence-corrected chi connectivity index (χ4v) is 6.55. The van der Waals surface area contributed by atoms with Crippen molar-refractivity contribution in [3.05, 3.63) is 118 Å². The maximum atomic E-state index is 14.5. The summed E-state index contributed by atoms with van der Waals surface area (Å²) in [5.74, 6) is 0. The van der Waals surface area contributed by atoms with Gasteiger partial charge in [0.2, 0.25) is 0 Å². The molecule has 0 unspecified atom stereocenters. The number of benzene rings is 3. The Labute approximate surface area is 353 Å². The number of hydrogen-bond acceptors (Lipinski definition) is 9.